The topological polar surface area (TPSA) is 83.5 Å². The normalized spacial score (nSPS) is 13.7. The lowest BCUT2D eigenvalue weighted by molar-refractivity contribution is -0.121. The van der Waals surface area contributed by atoms with E-state index in [2.05, 4.69) is 9.97 Å². The van der Waals surface area contributed by atoms with Crippen molar-refractivity contribution in [2.24, 2.45) is 0 Å². The van der Waals surface area contributed by atoms with Crippen molar-refractivity contribution in [3.05, 3.63) is 83.1 Å². The number of benzene rings is 2. The quantitative estimate of drug-likeness (QED) is 0.385. The number of para-hydroxylation sites is 1. The number of amides is 3. The number of hydrogen-bond donors (Lipinski definition) is 0. The van der Waals surface area contributed by atoms with Crippen molar-refractivity contribution in [3.8, 4) is 0 Å². The summed E-state index contributed by atoms with van der Waals surface area (Å²) in [6.45, 7) is 0.273. The first-order chi connectivity index (χ1) is 16.0. The number of nitrogens with zero attached hydrogens (tertiary/aromatic N) is 4. The summed E-state index contributed by atoms with van der Waals surface area (Å²) in [5, 5.41) is 1.04. The Labute approximate surface area is 198 Å². The summed E-state index contributed by atoms with van der Waals surface area (Å²) >= 11 is 7.68. The van der Waals surface area contributed by atoms with Gasteiger partial charge in [-0.2, -0.15) is 0 Å². The number of anilines is 2. The molecular formula is C24H17ClN4O3S. The van der Waals surface area contributed by atoms with Crippen molar-refractivity contribution in [2.75, 3.05) is 9.80 Å². The minimum Gasteiger partial charge on any atom is -0.279 e. The Balaban J connectivity index is 1.50. The smallest absolute Gasteiger partial charge is 0.260 e. The van der Waals surface area contributed by atoms with Gasteiger partial charge in [0, 0.05) is 30.8 Å². The molecule has 3 heterocycles. The molecule has 2 aromatic heterocycles. The van der Waals surface area contributed by atoms with Crippen LogP contribution in [0.5, 0.6) is 0 Å². The summed E-state index contributed by atoms with van der Waals surface area (Å²) in [5.74, 6) is -0.730. The largest absolute Gasteiger partial charge is 0.279 e. The minimum absolute atomic E-state index is 0.207. The van der Waals surface area contributed by atoms with Gasteiger partial charge in [0.2, 0.25) is 11.8 Å². The van der Waals surface area contributed by atoms with Crippen LogP contribution in [0.25, 0.3) is 10.2 Å². The van der Waals surface area contributed by atoms with Gasteiger partial charge in [0.25, 0.3) is 5.91 Å². The molecule has 1 fully saturated rings. The van der Waals surface area contributed by atoms with Crippen molar-refractivity contribution < 1.29 is 14.4 Å². The lowest BCUT2D eigenvalue weighted by atomic mass is 10.1. The number of imide groups is 1. The lowest BCUT2D eigenvalue weighted by Gasteiger charge is -2.20. The Kier molecular flexibility index (Phi) is 5.62. The Bertz CT molecular complexity index is 1360. The molecular weight excluding hydrogens is 460 g/mol. The van der Waals surface area contributed by atoms with Gasteiger partial charge >= 0.3 is 0 Å². The average Bonchev–Trinajstić information content (AvgIpc) is 3.41. The van der Waals surface area contributed by atoms with E-state index >= 15 is 0 Å². The summed E-state index contributed by atoms with van der Waals surface area (Å²) in [6.07, 6.45) is 3.79. The Morgan fingerprint density at radius 2 is 1.79 bits per heavy atom. The van der Waals surface area contributed by atoms with Crippen molar-refractivity contribution >= 4 is 61.7 Å². The molecule has 3 amide bonds. The predicted molar refractivity (Wildman–Crippen MR) is 128 cm³/mol. The van der Waals surface area contributed by atoms with E-state index in [1.54, 1.807) is 47.6 Å². The van der Waals surface area contributed by atoms with Crippen LogP contribution in [0, 0.1) is 0 Å². The molecule has 7 nitrogen and oxygen atoms in total. The van der Waals surface area contributed by atoms with E-state index < -0.39 is 0 Å². The standard InChI is InChI=1S/C24H17ClN4O3S/c25-18-4-1-5-19-22(18)27-24(33-19)28(14-15-3-2-12-26-13-15)23(32)16-6-8-17(9-7-16)29-20(30)10-11-21(29)31/h1-9,12-13H,10-11,14H2. The van der Waals surface area contributed by atoms with Gasteiger partial charge in [-0.15, -0.1) is 0 Å². The molecule has 164 valence electrons. The number of aromatic nitrogens is 2. The fraction of sp³-hybridized carbons (Fsp3) is 0.125. The van der Waals surface area contributed by atoms with Gasteiger partial charge in [-0.25, -0.2) is 4.98 Å². The van der Waals surface area contributed by atoms with Crippen LogP contribution in [0.3, 0.4) is 0 Å². The molecule has 5 rings (SSSR count). The number of halogens is 1. The zero-order chi connectivity index (χ0) is 22.9. The van der Waals surface area contributed by atoms with Crippen LogP contribution in [0.4, 0.5) is 10.8 Å². The van der Waals surface area contributed by atoms with E-state index in [-0.39, 0.29) is 37.1 Å². The molecule has 0 unspecified atom stereocenters. The zero-order valence-corrected chi connectivity index (χ0v) is 18.8. The van der Waals surface area contributed by atoms with Crippen molar-refractivity contribution in [3.63, 3.8) is 0 Å². The molecule has 0 atom stereocenters. The van der Waals surface area contributed by atoms with E-state index in [1.807, 2.05) is 24.3 Å². The molecule has 2 aromatic carbocycles. The Morgan fingerprint density at radius 1 is 1.03 bits per heavy atom. The SMILES string of the molecule is O=C(c1ccc(N2C(=O)CCC2=O)cc1)N(Cc1cccnc1)c1nc2c(Cl)cccc2s1. The van der Waals surface area contributed by atoms with E-state index in [1.165, 1.54) is 11.3 Å². The van der Waals surface area contributed by atoms with Crippen molar-refractivity contribution in [1.82, 2.24) is 9.97 Å². The molecule has 1 saturated heterocycles. The number of pyridine rings is 1. The molecule has 9 heteroatoms. The molecule has 1 aliphatic rings. The second-order valence-corrected chi connectivity index (χ2v) is 8.92. The third kappa shape index (κ3) is 4.10. The number of rotatable bonds is 5. The zero-order valence-electron chi connectivity index (χ0n) is 17.3. The first-order valence-corrected chi connectivity index (χ1v) is 11.4. The molecule has 4 aromatic rings. The van der Waals surface area contributed by atoms with Gasteiger partial charge in [0.05, 0.1) is 22.0 Å². The highest BCUT2D eigenvalue weighted by molar-refractivity contribution is 7.22. The van der Waals surface area contributed by atoms with Crippen LogP contribution in [0.2, 0.25) is 5.02 Å². The summed E-state index contributed by atoms with van der Waals surface area (Å²) in [4.78, 5) is 49.1. The maximum Gasteiger partial charge on any atom is 0.260 e. The van der Waals surface area contributed by atoms with Gasteiger partial charge in [-0.05, 0) is 48.0 Å². The molecule has 0 aliphatic carbocycles. The average molecular weight is 477 g/mol. The van der Waals surface area contributed by atoms with Crippen LogP contribution >= 0.6 is 22.9 Å². The Morgan fingerprint density at radius 3 is 2.45 bits per heavy atom. The molecule has 0 N–H and O–H groups in total. The van der Waals surface area contributed by atoms with Crippen LogP contribution in [-0.2, 0) is 16.1 Å². The number of thiazole rings is 1. The van der Waals surface area contributed by atoms with Gasteiger partial charge in [0.15, 0.2) is 5.13 Å². The van der Waals surface area contributed by atoms with E-state index in [0.717, 1.165) is 15.2 Å². The first kappa shape index (κ1) is 21.2. The molecule has 0 saturated carbocycles. The molecule has 33 heavy (non-hydrogen) atoms. The second-order valence-electron chi connectivity index (χ2n) is 7.51. The summed E-state index contributed by atoms with van der Waals surface area (Å²) in [7, 11) is 0. The monoisotopic (exact) mass is 476 g/mol. The van der Waals surface area contributed by atoms with E-state index in [0.29, 0.717) is 26.9 Å². The van der Waals surface area contributed by atoms with E-state index in [9.17, 15) is 14.4 Å². The van der Waals surface area contributed by atoms with Crippen LogP contribution in [0.15, 0.2) is 67.0 Å². The number of carbonyl (C=O) groups excluding carboxylic acids is 3. The number of carbonyl (C=O) groups is 3. The van der Waals surface area contributed by atoms with Crippen LogP contribution in [0.1, 0.15) is 28.8 Å². The summed E-state index contributed by atoms with van der Waals surface area (Å²) in [6, 6.07) is 15.7. The molecule has 0 spiro atoms. The van der Waals surface area contributed by atoms with Gasteiger partial charge in [-0.1, -0.05) is 35.1 Å². The van der Waals surface area contributed by atoms with Crippen molar-refractivity contribution in [2.45, 2.75) is 19.4 Å². The number of fused-ring (bicyclic) bond motifs is 1. The predicted octanol–water partition coefficient (Wildman–Crippen LogP) is 4.85. The highest BCUT2D eigenvalue weighted by atomic mass is 35.5. The number of hydrogen-bond acceptors (Lipinski definition) is 6. The minimum atomic E-state index is -0.264. The third-order valence-corrected chi connectivity index (χ3v) is 6.67. The van der Waals surface area contributed by atoms with Gasteiger partial charge in [0.1, 0.15) is 5.52 Å². The van der Waals surface area contributed by atoms with Gasteiger partial charge in [-0.3, -0.25) is 29.2 Å². The maximum absolute atomic E-state index is 13.6. The molecule has 0 radical (unpaired) electrons. The van der Waals surface area contributed by atoms with Crippen molar-refractivity contribution in [1.29, 1.82) is 0 Å². The second kappa shape index (κ2) is 8.73. The summed E-state index contributed by atoms with van der Waals surface area (Å²) in [5.41, 5.74) is 2.36. The van der Waals surface area contributed by atoms with E-state index in [4.69, 9.17) is 11.6 Å². The lowest BCUT2D eigenvalue weighted by Crippen LogP contribution is -2.31. The molecule has 0 bridgehead atoms. The maximum atomic E-state index is 13.6. The summed E-state index contributed by atoms with van der Waals surface area (Å²) < 4.78 is 0.878. The van der Waals surface area contributed by atoms with Crippen LogP contribution in [-0.4, -0.2) is 27.7 Å². The highest BCUT2D eigenvalue weighted by Gasteiger charge is 2.30. The Hall–Kier alpha value is -3.62. The first-order valence-electron chi connectivity index (χ1n) is 10.2. The van der Waals surface area contributed by atoms with Crippen LogP contribution < -0.4 is 9.80 Å². The fourth-order valence-electron chi connectivity index (χ4n) is 3.69. The highest BCUT2D eigenvalue weighted by Crippen LogP contribution is 2.34. The third-order valence-electron chi connectivity index (χ3n) is 5.32. The fourth-order valence-corrected chi connectivity index (χ4v) is 4.96. The van der Waals surface area contributed by atoms with Gasteiger partial charge < -0.3 is 0 Å². The molecule has 1 aliphatic heterocycles.